The summed E-state index contributed by atoms with van der Waals surface area (Å²) in [7, 11) is -2.98. The molecule has 1 saturated heterocycles. The van der Waals surface area contributed by atoms with E-state index in [2.05, 4.69) is 0 Å². The number of hydrogen-bond donors (Lipinski definition) is 1. The van der Waals surface area contributed by atoms with Gasteiger partial charge in [0.2, 0.25) is 0 Å². The summed E-state index contributed by atoms with van der Waals surface area (Å²) in [5, 5.41) is 9.18. The molecule has 90 valence electrons. The number of Topliss-reactive ketones (excluding diaryl/α,β-unsaturated/α-hetero) is 1. The molecule has 0 aromatic rings. The zero-order valence-corrected chi connectivity index (χ0v) is 9.62. The fourth-order valence-electron chi connectivity index (χ4n) is 2.71. The maximum absolute atomic E-state index is 11.2. The molecular formula is C10H14O5S. The molecule has 0 spiro atoms. The van der Waals surface area contributed by atoms with Gasteiger partial charge in [-0.15, -0.1) is 0 Å². The summed E-state index contributed by atoms with van der Waals surface area (Å²) >= 11 is 0. The molecule has 1 heterocycles. The van der Waals surface area contributed by atoms with Crippen LogP contribution in [-0.4, -0.2) is 36.8 Å². The van der Waals surface area contributed by atoms with E-state index < -0.39 is 21.2 Å². The molecule has 5 nitrogen and oxygen atoms in total. The topological polar surface area (TPSA) is 88.5 Å². The maximum Gasteiger partial charge on any atom is 0.310 e. The predicted octanol–water partition coefficient (Wildman–Crippen LogP) is 0.245. The quantitative estimate of drug-likeness (QED) is 0.754. The van der Waals surface area contributed by atoms with Crippen LogP contribution >= 0.6 is 0 Å². The lowest BCUT2D eigenvalue weighted by molar-refractivity contribution is -0.166. The van der Waals surface area contributed by atoms with Crippen molar-refractivity contribution in [2.75, 3.05) is 11.5 Å². The molecule has 1 aliphatic carbocycles. The second-order valence-electron chi connectivity index (χ2n) is 4.78. The van der Waals surface area contributed by atoms with Crippen LogP contribution in [0.25, 0.3) is 0 Å². The first-order chi connectivity index (χ1) is 7.36. The van der Waals surface area contributed by atoms with Gasteiger partial charge in [0, 0.05) is 12.8 Å². The average Bonchev–Trinajstić information content (AvgIpc) is 2.12. The van der Waals surface area contributed by atoms with Gasteiger partial charge < -0.3 is 5.11 Å². The highest BCUT2D eigenvalue weighted by Gasteiger charge is 2.55. The van der Waals surface area contributed by atoms with E-state index in [4.69, 9.17) is 0 Å². The van der Waals surface area contributed by atoms with Crippen LogP contribution in [0, 0.1) is 11.3 Å². The summed E-state index contributed by atoms with van der Waals surface area (Å²) < 4.78 is 22.5. The van der Waals surface area contributed by atoms with Crippen molar-refractivity contribution in [2.24, 2.45) is 11.3 Å². The van der Waals surface area contributed by atoms with Crippen LogP contribution in [0.1, 0.15) is 25.7 Å². The van der Waals surface area contributed by atoms with Crippen molar-refractivity contribution in [3.05, 3.63) is 0 Å². The number of aliphatic carboxylic acids is 1. The van der Waals surface area contributed by atoms with Crippen LogP contribution in [-0.2, 0) is 19.4 Å². The molecule has 0 bridgehead atoms. The monoisotopic (exact) mass is 246 g/mol. The van der Waals surface area contributed by atoms with Crippen molar-refractivity contribution < 1.29 is 23.1 Å². The summed E-state index contributed by atoms with van der Waals surface area (Å²) in [6, 6.07) is 0. The lowest BCUT2D eigenvalue weighted by Crippen LogP contribution is -2.51. The van der Waals surface area contributed by atoms with Gasteiger partial charge in [-0.1, -0.05) is 0 Å². The van der Waals surface area contributed by atoms with Gasteiger partial charge in [-0.05, 0) is 18.8 Å². The molecule has 0 atom stereocenters. The Morgan fingerprint density at radius 3 is 2.12 bits per heavy atom. The third-order valence-electron chi connectivity index (χ3n) is 3.79. The summed E-state index contributed by atoms with van der Waals surface area (Å²) in [5.41, 5.74) is -0.965. The highest BCUT2D eigenvalue weighted by Crippen LogP contribution is 2.49. The zero-order chi connectivity index (χ0) is 12.0. The van der Waals surface area contributed by atoms with Crippen LogP contribution in [0.5, 0.6) is 0 Å². The van der Waals surface area contributed by atoms with Gasteiger partial charge in [0.1, 0.15) is 15.6 Å². The number of carbonyl (C=O) groups excluding carboxylic acids is 1. The van der Waals surface area contributed by atoms with Crippen molar-refractivity contribution in [2.45, 2.75) is 25.7 Å². The van der Waals surface area contributed by atoms with E-state index >= 15 is 0 Å². The maximum atomic E-state index is 11.2. The molecule has 16 heavy (non-hydrogen) atoms. The van der Waals surface area contributed by atoms with Crippen molar-refractivity contribution in [3.8, 4) is 0 Å². The Morgan fingerprint density at radius 1 is 1.25 bits per heavy atom. The SMILES string of the molecule is O=C1CC(C(=O)O)(C2CCS(=O)(=O)CC2)C1. The fraction of sp³-hybridized carbons (Fsp3) is 0.800. The van der Waals surface area contributed by atoms with Gasteiger partial charge in [0.15, 0.2) is 0 Å². The zero-order valence-electron chi connectivity index (χ0n) is 8.81. The number of carboxylic acids is 1. The number of rotatable bonds is 2. The van der Waals surface area contributed by atoms with E-state index in [0.717, 1.165) is 0 Å². The van der Waals surface area contributed by atoms with Crippen LogP contribution in [0.4, 0.5) is 0 Å². The van der Waals surface area contributed by atoms with Crippen LogP contribution < -0.4 is 0 Å². The molecule has 0 aromatic heterocycles. The van der Waals surface area contributed by atoms with Crippen LogP contribution in [0.3, 0.4) is 0 Å². The molecular weight excluding hydrogens is 232 g/mol. The molecule has 2 rings (SSSR count). The van der Waals surface area contributed by atoms with Crippen LogP contribution in [0.15, 0.2) is 0 Å². The molecule has 6 heteroatoms. The molecule has 2 fully saturated rings. The minimum atomic E-state index is -2.98. The Labute approximate surface area is 93.8 Å². The van der Waals surface area contributed by atoms with Crippen molar-refractivity contribution in [3.63, 3.8) is 0 Å². The Morgan fingerprint density at radius 2 is 1.75 bits per heavy atom. The highest BCUT2D eigenvalue weighted by molar-refractivity contribution is 7.91. The largest absolute Gasteiger partial charge is 0.481 e. The van der Waals surface area contributed by atoms with E-state index in [1.807, 2.05) is 0 Å². The fourth-order valence-corrected chi connectivity index (χ4v) is 4.20. The first-order valence-electron chi connectivity index (χ1n) is 5.31. The molecule has 0 radical (unpaired) electrons. The van der Waals surface area contributed by atoms with E-state index in [9.17, 15) is 23.1 Å². The number of ketones is 1. The van der Waals surface area contributed by atoms with E-state index in [1.165, 1.54) is 0 Å². The van der Waals surface area contributed by atoms with Crippen molar-refractivity contribution >= 4 is 21.6 Å². The lowest BCUT2D eigenvalue weighted by atomic mass is 9.59. The van der Waals surface area contributed by atoms with Crippen molar-refractivity contribution in [1.29, 1.82) is 0 Å². The van der Waals surface area contributed by atoms with Gasteiger partial charge in [-0.3, -0.25) is 9.59 Å². The lowest BCUT2D eigenvalue weighted by Gasteiger charge is -2.44. The number of sulfone groups is 1. The number of carbonyl (C=O) groups is 2. The Kier molecular flexibility index (Phi) is 2.57. The second kappa shape index (κ2) is 3.55. The van der Waals surface area contributed by atoms with Gasteiger partial charge >= 0.3 is 5.97 Å². The minimum absolute atomic E-state index is 0.0316. The number of hydrogen-bond acceptors (Lipinski definition) is 4. The van der Waals surface area contributed by atoms with Gasteiger partial charge in [-0.25, -0.2) is 8.42 Å². The van der Waals surface area contributed by atoms with Gasteiger partial charge in [0.05, 0.1) is 16.9 Å². The predicted molar refractivity (Wildman–Crippen MR) is 55.7 cm³/mol. The van der Waals surface area contributed by atoms with Crippen LogP contribution in [0.2, 0.25) is 0 Å². The molecule has 0 aromatic carbocycles. The molecule has 2 aliphatic rings. The molecule has 0 unspecified atom stereocenters. The minimum Gasteiger partial charge on any atom is -0.481 e. The second-order valence-corrected chi connectivity index (χ2v) is 7.08. The summed E-state index contributed by atoms with van der Waals surface area (Å²) in [6.45, 7) is 0. The summed E-state index contributed by atoms with van der Waals surface area (Å²) in [4.78, 5) is 22.2. The summed E-state index contributed by atoms with van der Waals surface area (Å²) in [6.07, 6.45) is 0.907. The van der Waals surface area contributed by atoms with E-state index in [-0.39, 0.29) is 36.0 Å². The van der Waals surface area contributed by atoms with Crippen molar-refractivity contribution in [1.82, 2.24) is 0 Å². The highest BCUT2D eigenvalue weighted by atomic mass is 32.2. The normalized spacial score (nSPS) is 28.4. The number of carboxylic acid groups (broad SMARTS) is 1. The molecule has 1 N–H and O–H groups in total. The average molecular weight is 246 g/mol. The Bertz CT molecular complexity index is 414. The Hall–Kier alpha value is -0.910. The molecule has 1 saturated carbocycles. The first-order valence-corrected chi connectivity index (χ1v) is 7.13. The van der Waals surface area contributed by atoms with Gasteiger partial charge in [-0.2, -0.15) is 0 Å². The third-order valence-corrected chi connectivity index (χ3v) is 5.50. The van der Waals surface area contributed by atoms with E-state index in [1.54, 1.807) is 0 Å². The molecule has 0 amide bonds. The molecule has 1 aliphatic heterocycles. The summed E-state index contributed by atoms with van der Waals surface area (Å²) in [5.74, 6) is -1.03. The Balaban J connectivity index is 2.13. The first kappa shape index (κ1) is 11.6. The van der Waals surface area contributed by atoms with E-state index in [0.29, 0.717) is 12.8 Å². The van der Waals surface area contributed by atoms with Gasteiger partial charge in [0.25, 0.3) is 0 Å². The third kappa shape index (κ3) is 1.75. The smallest absolute Gasteiger partial charge is 0.310 e. The standard InChI is InChI=1S/C10H14O5S/c11-8-5-10(6-8,9(12)13)7-1-3-16(14,15)4-2-7/h7H,1-6H2,(H,12,13).